The minimum absolute atomic E-state index is 0.538. The average Bonchev–Trinajstić information content (AvgIpc) is 2.21. The topological polar surface area (TPSA) is 64.4 Å². The highest BCUT2D eigenvalue weighted by molar-refractivity contribution is 8.13. The first kappa shape index (κ1) is 12.1. The molecule has 0 aliphatic rings. The maximum Gasteiger partial charge on any atom is 0.159 e. The van der Waals surface area contributed by atoms with Crippen molar-refractivity contribution in [2.75, 3.05) is 5.75 Å². The molecule has 4 heteroatoms. The SMILES string of the molecule is CCSC(N)=Nc1ccc(C)c(CN)c1. The molecule has 1 aromatic carbocycles. The van der Waals surface area contributed by atoms with Gasteiger partial charge in [-0.15, -0.1) is 0 Å². The van der Waals surface area contributed by atoms with Crippen molar-refractivity contribution >= 4 is 22.6 Å². The molecule has 3 nitrogen and oxygen atoms in total. The van der Waals surface area contributed by atoms with Crippen molar-refractivity contribution in [1.29, 1.82) is 0 Å². The van der Waals surface area contributed by atoms with Gasteiger partial charge in [0.05, 0.1) is 5.69 Å². The fourth-order valence-electron chi connectivity index (χ4n) is 1.25. The third-order valence-electron chi connectivity index (χ3n) is 2.08. The van der Waals surface area contributed by atoms with E-state index in [0.29, 0.717) is 11.7 Å². The molecule has 0 radical (unpaired) electrons. The first-order valence-electron chi connectivity index (χ1n) is 4.94. The summed E-state index contributed by atoms with van der Waals surface area (Å²) in [6.07, 6.45) is 0. The molecule has 0 bridgehead atoms. The smallest absolute Gasteiger partial charge is 0.159 e. The molecule has 4 N–H and O–H groups in total. The Morgan fingerprint density at radius 1 is 1.47 bits per heavy atom. The summed E-state index contributed by atoms with van der Waals surface area (Å²) in [5, 5.41) is 0.601. The Hall–Kier alpha value is -1.00. The van der Waals surface area contributed by atoms with Gasteiger partial charge in [0.1, 0.15) is 0 Å². The van der Waals surface area contributed by atoms with E-state index in [9.17, 15) is 0 Å². The van der Waals surface area contributed by atoms with Gasteiger partial charge in [0, 0.05) is 6.54 Å². The molecule has 0 heterocycles. The van der Waals surface area contributed by atoms with Crippen LogP contribution in [0.5, 0.6) is 0 Å². The first-order valence-corrected chi connectivity index (χ1v) is 5.92. The molecule has 0 unspecified atom stereocenters. The summed E-state index contributed by atoms with van der Waals surface area (Å²) in [6.45, 7) is 4.63. The first-order chi connectivity index (χ1) is 7.17. The summed E-state index contributed by atoms with van der Waals surface area (Å²) in [5.74, 6) is 0.935. The van der Waals surface area contributed by atoms with Crippen LogP contribution in [0.1, 0.15) is 18.1 Å². The van der Waals surface area contributed by atoms with Gasteiger partial charge < -0.3 is 11.5 Å². The Morgan fingerprint density at radius 3 is 2.80 bits per heavy atom. The predicted octanol–water partition coefficient (Wildman–Crippen LogP) is 2.15. The van der Waals surface area contributed by atoms with E-state index in [1.54, 1.807) is 11.8 Å². The highest BCUT2D eigenvalue weighted by atomic mass is 32.2. The summed E-state index contributed by atoms with van der Waals surface area (Å²) < 4.78 is 0. The number of aryl methyl sites for hydroxylation is 1. The number of thioether (sulfide) groups is 1. The minimum Gasteiger partial charge on any atom is -0.378 e. The zero-order valence-electron chi connectivity index (χ0n) is 9.16. The zero-order chi connectivity index (χ0) is 11.3. The molecule has 1 rings (SSSR count). The van der Waals surface area contributed by atoms with E-state index in [2.05, 4.69) is 4.99 Å². The van der Waals surface area contributed by atoms with Crippen LogP contribution >= 0.6 is 11.8 Å². The third kappa shape index (κ3) is 3.57. The van der Waals surface area contributed by atoms with Crippen LogP contribution in [0.15, 0.2) is 23.2 Å². The average molecular weight is 223 g/mol. The fraction of sp³-hybridized carbons (Fsp3) is 0.364. The van der Waals surface area contributed by atoms with E-state index in [1.165, 1.54) is 5.56 Å². The number of aliphatic imine (C=N–C) groups is 1. The van der Waals surface area contributed by atoms with Crippen LogP contribution in [-0.4, -0.2) is 10.9 Å². The summed E-state index contributed by atoms with van der Waals surface area (Å²) in [5.41, 5.74) is 14.5. The number of nitrogens with two attached hydrogens (primary N) is 2. The van der Waals surface area contributed by atoms with Crippen LogP contribution in [0, 0.1) is 6.92 Å². The van der Waals surface area contributed by atoms with Gasteiger partial charge in [0.15, 0.2) is 5.17 Å². The van der Waals surface area contributed by atoms with Crippen molar-refractivity contribution < 1.29 is 0 Å². The van der Waals surface area contributed by atoms with Gasteiger partial charge in [-0.3, -0.25) is 0 Å². The molecule has 15 heavy (non-hydrogen) atoms. The van der Waals surface area contributed by atoms with Crippen molar-refractivity contribution in [2.45, 2.75) is 20.4 Å². The Labute approximate surface area is 95.0 Å². The lowest BCUT2D eigenvalue weighted by atomic mass is 10.1. The molecule has 0 aliphatic carbocycles. The lowest BCUT2D eigenvalue weighted by Gasteiger charge is -2.04. The number of amidine groups is 1. The summed E-state index contributed by atoms with van der Waals surface area (Å²) in [6, 6.07) is 5.96. The quantitative estimate of drug-likeness (QED) is 0.609. The number of nitrogens with zero attached hydrogens (tertiary/aromatic N) is 1. The molecular weight excluding hydrogens is 206 g/mol. The van der Waals surface area contributed by atoms with Gasteiger partial charge in [0.25, 0.3) is 0 Å². The Morgan fingerprint density at radius 2 is 2.20 bits per heavy atom. The second kappa shape index (κ2) is 5.78. The molecule has 0 aromatic heterocycles. The second-order valence-electron chi connectivity index (χ2n) is 3.20. The molecule has 82 valence electrons. The van der Waals surface area contributed by atoms with Gasteiger partial charge in [-0.2, -0.15) is 0 Å². The highest BCUT2D eigenvalue weighted by Gasteiger charge is 1.98. The van der Waals surface area contributed by atoms with E-state index < -0.39 is 0 Å². The third-order valence-corrected chi connectivity index (χ3v) is 2.76. The van der Waals surface area contributed by atoms with Crippen LogP contribution in [0.25, 0.3) is 0 Å². The van der Waals surface area contributed by atoms with Crippen LogP contribution in [0.3, 0.4) is 0 Å². The summed E-state index contributed by atoms with van der Waals surface area (Å²) in [4.78, 5) is 4.30. The number of hydrogen-bond donors (Lipinski definition) is 2. The predicted molar refractivity (Wildman–Crippen MR) is 68.5 cm³/mol. The van der Waals surface area contributed by atoms with E-state index in [0.717, 1.165) is 17.0 Å². The van der Waals surface area contributed by atoms with Gasteiger partial charge in [0.2, 0.25) is 0 Å². The minimum atomic E-state index is 0.538. The van der Waals surface area contributed by atoms with Crippen LogP contribution in [0.2, 0.25) is 0 Å². The van der Waals surface area contributed by atoms with E-state index in [4.69, 9.17) is 11.5 Å². The molecule has 0 saturated carbocycles. The van der Waals surface area contributed by atoms with Crippen LogP contribution in [0.4, 0.5) is 5.69 Å². The number of benzene rings is 1. The van der Waals surface area contributed by atoms with Crippen molar-refractivity contribution in [2.24, 2.45) is 16.5 Å². The molecular formula is C11H17N3S. The largest absolute Gasteiger partial charge is 0.378 e. The summed E-state index contributed by atoms with van der Waals surface area (Å²) in [7, 11) is 0. The fourth-order valence-corrected chi connectivity index (χ4v) is 1.72. The molecule has 0 amide bonds. The van der Waals surface area contributed by atoms with Crippen LogP contribution in [-0.2, 0) is 6.54 Å². The standard InChI is InChI=1S/C11H17N3S/c1-3-15-11(13)14-10-5-4-8(2)9(6-10)7-12/h4-6H,3,7,12H2,1-2H3,(H2,13,14). The van der Waals surface area contributed by atoms with Crippen LogP contribution < -0.4 is 11.5 Å². The number of hydrogen-bond acceptors (Lipinski definition) is 3. The zero-order valence-corrected chi connectivity index (χ0v) is 9.97. The van der Waals surface area contributed by atoms with Gasteiger partial charge in [-0.1, -0.05) is 24.8 Å². The molecule has 0 aliphatic heterocycles. The van der Waals surface area contributed by atoms with Gasteiger partial charge in [-0.25, -0.2) is 4.99 Å². The molecule has 0 saturated heterocycles. The molecule has 0 atom stereocenters. The molecule has 1 aromatic rings. The normalized spacial score (nSPS) is 11.8. The second-order valence-corrected chi connectivity index (χ2v) is 4.48. The lowest BCUT2D eigenvalue weighted by molar-refractivity contribution is 1.05. The summed E-state index contributed by atoms with van der Waals surface area (Å²) >= 11 is 1.54. The van der Waals surface area contributed by atoms with Crippen molar-refractivity contribution in [3.63, 3.8) is 0 Å². The van der Waals surface area contributed by atoms with Gasteiger partial charge in [-0.05, 0) is 35.9 Å². The maximum absolute atomic E-state index is 5.73. The monoisotopic (exact) mass is 223 g/mol. The Balaban J connectivity index is 2.91. The van der Waals surface area contributed by atoms with E-state index in [-0.39, 0.29) is 0 Å². The molecule has 0 spiro atoms. The van der Waals surface area contributed by atoms with E-state index in [1.807, 2.05) is 32.0 Å². The Kier molecular flexibility index (Phi) is 4.65. The molecule has 0 fully saturated rings. The highest BCUT2D eigenvalue weighted by Crippen LogP contribution is 2.18. The lowest BCUT2D eigenvalue weighted by Crippen LogP contribution is -2.06. The van der Waals surface area contributed by atoms with E-state index >= 15 is 0 Å². The Bertz CT molecular complexity index is 361. The maximum atomic E-state index is 5.73. The number of rotatable bonds is 3. The van der Waals surface area contributed by atoms with Crippen molar-refractivity contribution in [1.82, 2.24) is 0 Å². The van der Waals surface area contributed by atoms with Gasteiger partial charge >= 0.3 is 0 Å². The van der Waals surface area contributed by atoms with Crippen molar-refractivity contribution in [3.8, 4) is 0 Å². The van der Waals surface area contributed by atoms with Crippen molar-refractivity contribution in [3.05, 3.63) is 29.3 Å².